The van der Waals surface area contributed by atoms with E-state index in [1.165, 1.54) is 0 Å². The lowest BCUT2D eigenvalue weighted by Crippen LogP contribution is -2.22. The van der Waals surface area contributed by atoms with Crippen LogP contribution in [0.5, 0.6) is 0 Å². The van der Waals surface area contributed by atoms with Gasteiger partial charge in [-0.1, -0.05) is 18.2 Å². The second-order valence-corrected chi connectivity index (χ2v) is 7.64. The number of carboxylic acid groups (broad SMARTS) is 1. The van der Waals surface area contributed by atoms with E-state index in [9.17, 15) is 18.3 Å². The minimum absolute atomic E-state index is 0.0659. The molecule has 0 saturated heterocycles. The summed E-state index contributed by atoms with van der Waals surface area (Å²) in [6.45, 7) is 3.40. The number of aromatic carboxylic acids is 1. The lowest BCUT2D eigenvalue weighted by Gasteiger charge is -2.11. The summed E-state index contributed by atoms with van der Waals surface area (Å²) in [5.41, 5.74) is 0.856. The van der Waals surface area contributed by atoms with Gasteiger partial charge < -0.3 is 9.67 Å². The molecule has 0 unspecified atom stereocenters. The number of aryl methyl sites for hydroxylation is 1. The van der Waals surface area contributed by atoms with Gasteiger partial charge in [0.25, 0.3) is 0 Å². The van der Waals surface area contributed by atoms with E-state index in [-0.39, 0.29) is 18.0 Å². The minimum atomic E-state index is -3.20. The summed E-state index contributed by atoms with van der Waals surface area (Å²) in [4.78, 5) is 11.3. The fourth-order valence-corrected chi connectivity index (χ4v) is 2.99. The van der Waals surface area contributed by atoms with Crippen molar-refractivity contribution in [2.24, 2.45) is 0 Å². The second-order valence-electron chi connectivity index (χ2n) is 4.96. The van der Waals surface area contributed by atoms with Crippen LogP contribution in [0.25, 0.3) is 10.9 Å². The first-order valence-electron chi connectivity index (χ1n) is 6.36. The maximum Gasteiger partial charge on any atom is 0.352 e. The van der Waals surface area contributed by atoms with Gasteiger partial charge >= 0.3 is 5.97 Å². The third-order valence-corrected chi connectivity index (χ3v) is 5.54. The van der Waals surface area contributed by atoms with E-state index in [0.29, 0.717) is 0 Å². The van der Waals surface area contributed by atoms with Crippen LogP contribution in [-0.4, -0.2) is 35.1 Å². The van der Waals surface area contributed by atoms with Gasteiger partial charge in [0.1, 0.15) is 5.69 Å². The molecule has 0 amide bonds. The minimum Gasteiger partial charge on any atom is -0.477 e. The Morgan fingerprint density at radius 3 is 2.55 bits per heavy atom. The molecular formula is C14H17NO4S. The van der Waals surface area contributed by atoms with Gasteiger partial charge in [0, 0.05) is 17.4 Å². The standard InChI is InChI=1S/C14H17NO4S/c1-10(2)20(18,19)8-7-15-12-6-4-3-5-11(12)9-13(15)14(16)17/h3-6,9-10H,7-8H2,1-2H3,(H,16,17). The van der Waals surface area contributed by atoms with Crippen molar-refractivity contribution in [3.05, 3.63) is 36.0 Å². The molecule has 0 aliphatic heterocycles. The first-order valence-corrected chi connectivity index (χ1v) is 8.07. The Morgan fingerprint density at radius 1 is 1.30 bits per heavy atom. The van der Waals surface area contributed by atoms with Gasteiger partial charge in [-0.2, -0.15) is 0 Å². The highest BCUT2D eigenvalue weighted by atomic mass is 32.2. The molecule has 1 aromatic carbocycles. The van der Waals surface area contributed by atoms with Gasteiger partial charge in [0.2, 0.25) is 0 Å². The number of para-hydroxylation sites is 1. The van der Waals surface area contributed by atoms with E-state index in [1.807, 2.05) is 12.1 Å². The number of sulfone groups is 1. The van der Waals surface area contributed by atoms with Crippen LogP contribution in [0.1, 0.15) is 24.3 Å². The highest BCUT2D eigenvalue weighted by Crippen LogP contribution is 2.20. The molecule has 1 aromatic heterocycles. The predicted molar refractivity (Wildman–Crippen MR) is 77.8 cm³/mol. The van der Waals surface area contributed by atoms with Crippen LogP contribution in [0, 0.1) is 0 Å². The molecule has 2 rings (SSSR count). The van der Waals surface area contributed by atoms with Crippen LogP contribution in [-0.2, 0) is 16.4 Å². The molecule has 0 bridgehead atoms. The highest BCUT2D eigenvalue weighted by Gasteiger charge is 2.19. The van der Waals surface area contributed by atoms with E-state index in [2.05, 4.69) is 0 Å². The Bertz CT molecular complexity index is 744. The zero-order chi connectivity index (χ0) is 14.9. The number of aromatic nitrogens is 1. The van der Waals surface area contributed by atoms with Crippen LogP contribution in [0.4, 0.5) is 0 Å². The number of nitrogens with zero attached hydrogens (tertiary/aromatic N) is 1. The Morgan fingerprint density at radius 2 is 1.95 bits per heavy atom. The number of hydrogen-bond acceptors (Lipinski definition) is 3. The van der Waals surface area contributed by atoms with Crippen LogP contribution in [0.3, 0.4) is 0 Å². The lowest BCUT2D eigenvalue weighted by atomic mass is 10.2. The fraction of sp³-hybridized carbons (Fsp3) is 0.357. The van der Waals surface area contributed by atoms with Crippen molar-refractivity contribution in [2.45, 2.75) is 25.6 Å². The van der Waals surface area contributed by atoms with E-state index in [1.54, 1.807) is 36.6 Å². The van der Waals surface area contributed by atoms with Crippen LogP contribution in [0.15, 0.2) is 30.3 Å². The number of carboxylic acids is 1. The molecule has 5 nitrogen and oxygen atoms in total. The topological polar surface area (TPSA) is 76.4 Å². The van der Waals surface area contributed by atoms with Gasteiger partial charge in [-0.3, -0.25) is 0 Å². The van der Waals surface area contributed by atoms with Gasteiger partial charge in [0.15, 0.2) is 9.84 Å². The molecule has 2 aromatic rings. The molecule has 0 radical (unpaired) electrons. The highest BCUT2D eigenvalue weighted by molar-refractivity contribution is 7.91. The molecular weight excluding hydrogens is 278 g/mol. The number of carbonyl (C=O) groups is 1. The molecule has 6 heteroatoms. The van der Waals surface area contributed by atoms with Crippen molar-refractivity contribution in [1.82, 2.24) is 4.57 Å². The van der Waals surface area contributed by atoms with Gasteiger partial charge in [-0.25, -0.2) is 13.2 Å². The number of fused-ring (bicyclic) bond motifs is 1. The molecule has 108 valence electrons. The summed E-state index contributed by atoms with van der Waals surface area (Å²) in [7, 11) is -3.20. The molecule has 20 heavy (non-hydrogen) atoms. The largest absolute Gasteiger partial charge is 0.477 e. The molecule has 1 N–H and O–H groups in total. The second kappa shape index (κ2) is 5.28. The first-order chi connectivity index (χ1) is 9.33. The monoisotopic (exact) mass is 295 g/mol. The van der Waals surface area contributed by atoms with E-state index < -0.39 is 21.1 Å². The third kappa shape index (κ3) is 2.70. The number of hydrogen-bond donors (Lipinski definition) is 1. The molecule has 0 atom stereocenters. The van der Waals surface area contributed by atoms with Gasteiger partial charge in [0.05, 0.1) is 11.0 Å². The molecule has 0 aliphatic rings. The van der Waals surface area contributed by atoms with Gasteiger partial charge in [-0.15, -0.1) is 0 Å². The smallest absolute Gasteiger partial charge is 0.352 e. The molecule has 0 aliphatic carbocycles. The molecule has 0 saturated carbocycles. The van der Waals surface area contributed by atoms with Crippen LogP contribution >= 0.6 is 0 Å². The fourth-order valence-electron chi connectivity index (χ4n) is 2.08. The molecule has 0 spiro atoms. The summed E-state index contributed by atoms with van der Waals surface area (Å²) in [6, 6.07) is 8.81. The Labute approximate surface area is 117 Å². The molecule has 0 fully saturated rings. The van der Waals surface area contributed by atoms with Crippen molar-refractivity contribution in [3.8, 4) is 0 Å². The van der Waals surface area contributed by atoms with Crippen LogP contribution < -0.4 is 0 Å². The Balaban J connectivity index is 2.43. The normalized spacial score (nSPS) is 12.2. The van der Waals surface area contributed by atoms with Crippen molar-refractivity contribution in [3.63, 3.8) is 0 Å². The Hall–Kier alpha value is -1.82. The number of rotatable bonds is 5. The summed E-state index contributed by atoms with van der Waals surface area (Å²) in [6.07, 6.45) is 0. The zero-order valence-electron chi connectivity index (χ0n) is 11.4. The average Bonchev–Trinajstić information content (AvgIpc) is 2.75. The van der Waals surface area contributed by atoms with Crippen molar-refractivity contribution in [1.29, 1.82) is 0 Å². The maximum absolute atomic E-state index is 11.9. The summed E-state index contributed by atoms with van der Waals surface area (Å²) < 4.78 is 25.3. The Kier molecular flexibility index (Phi) is 3.85. The lowest BCUT2D eigenvalue weighted by molar-refractivity contribution is 0.0686. The van der Waals surface area contributed by atoms with E-state index in [4.69, 9.17) is 0 Å². The third-order valence-electron chi connectivity index (χ3n) is 3.35. The van der Waals surface area contributed by atoms with Crippen LogP contribution in [0.2, 0.25) is 0 Å². The zero-order valence-corrected chi connectivity index (χ0v) is 12.2. The quantitative estimate of drug-likeness (QED) is 0.917. The predicted octanol–water partition coefficient (Wildman–Crippen LogP) is 2.16. The maximum atomic E-state index is 11.9. The summed E-state index contributed by atoms with van der Waals surface area (Å²) >= 11 is 0. The van der Waals surface area contributed by atoms with Crippen molar-refractivity contribution in [2.75, 3.05) is 5.75 Å². The summed E-state index contributed by atoms with van der Waals surface area (Å²) in [5, 5.41) is 9.57. The molecule has 1 heterocycles. The van der Waals surface area contributed by atoms with Crippen molar-refractivity contribution < 1.29 is 18.3 Å². The average molecular weight is 295 g/mol. The van der Waals surface area contributed by atoms with E-state index in [0.717, 1.165) is 10.9 Å². The SMILES string of the molecule is CC(C)S(=O)(=O)CCn1c(C(=O)O)cc2ccccc21. The van der Waals surface area contributed by atoms with Crippen molar-refractivity contribution >= 4 is 26.7 Å². The van der Waals surface area contributed by atoms with Gasteiger partial charge in [-0.05, 0) is 26.0 Å². The number of benzene rings is 1. The summed E-state index contributed by atoms with van der Waals surface area (Å²) in [5.74, 6) is -1.12. The van der Waals surface area contributed by atoms with E-state index >= 15 is 0 Å². The first kappa shape index (κ1) is 14.6.